The van der Waals surface area contributed by atoms with Crippen molar-refractivity contribution in [2.75, 3.05) is 6.61 Å². The Morgan fingerprint density at radius 3 is 1.75 bits per heavy atom. The lowest BCUT2D eigenvalue weighted by molar-refractivity contribution is -0.145. The highest BCUT2D eigenvalue weighted by molar-refractivity contribution is 5.76. The van der Waals surface area contributed by atoms with Crippen LogP contribution in [0, 0.1) is 0 Å². The van der Waals surface area contributed by atoms with Crippen LogP contribution < -0.4 is 0 Å². The van der Waals surface area contributed by atoms with Gasteiger partial charge in [0.05, 0.1) is 12.7 Å². The maximum absolute atomic E-state index is 10.6. The van der Waals surface area contributed by atoms with E-state index in [1.807, 2.05) is 0 Å². The van der Waals surface area contributed by atoms with Crippen LogP contribution in [0.5, 0.6) is 0 Å². The molecule has 5 atom stereocenters. The Kier molecular flexibility index (Phi) is 6.65. The summed E-state index contributed by atoms with van der Waals surface area (Å²) in [6.07, 6.45) is -8.97. The zero-order valence-electron chi connectivity index (χ0n) is 8.89. The van der Waals surface area contributed by atoms with Crippen molar-refractivity contribution in [3.05, 3.63) is 0 Å². The molecule has 16 heavy (non-hydrogen) atoms. The zero-order chi connectivity index (χ0) is 12.9. The van der Waals surface area contributed by atoms with Gasteiger partial charge in [0.25, 0.3) is 0 Å². The second-order valence-electron chi connectivity index (χ2n) is 3.70. The summed E-state index contributed by atoms with van der Waals surface area (Å²) in [7, 11) is 0. The number of aliphatic hydroxyl groups is 6. The molecule has 0 rings (SSSR count). The molecule has 0 aliphatic heterocycles. The maximum Gasteiger partial charge on any atom is 0.132 e. The molecule has 0 saturated heterocycles. The number of carbonyl (C=O) groups is 1. The van der Waals surface area contributed by atoms with Gasteiger partial charge in [-0.3, -0.25) is 4.79 Å². The highest BCUT2D eigenvalue weighted by Crippen LogP contribution is 2.10. The van der Waals surface area contributed by atoms with Gasteiger partial charge in [-0.15, -0.1) is 0 Å². The van der Waals surface area contributed by atoms with Gasteiger partial charge in [0, 0.05) is 6.42 Å². The number of aliphatic hydroxyl groups excluding tert-OH is 6. The van der Waals surface area contributed by atoms with Gasteiger partial charge in [-0.05, 0) is 6.92 Å². The van der Waals surface area contributed by atoms with E-state index in [0.717, 1.165) is 0 Å². The Labute approximate surface area is 92.6 Å². The maximum atomic E-state index is 10.6. The van der Waals surface area contributed by atoms with E-state index in [1.165, 1.54) is 6.92 Å². The van der Waals surface area contributed by atoms with Crippen LogP contribution in [-0.4, -0.2) is 73.5 Å². The van der Waals surface area contributed by atoms with Crippen molar-refractivity contribution in [2.45, 2.75) is 43.9 Å². The van der Waals surface area contributed by atoms with Gasteiger partial charge in [0.15, 0.2) is 0 Å². The topological polar surface area (TPSA) is 138 Å². The highest BCUT2D eigenvalue weighted by atomic mass is 16.4. The van der Waals surface area contributed by atoms with E-state index in [2.05, 4.69) is 0 Å². The quantitative estimate of drug-likeness (QED) is 0.274. The van der Waals surface area contributed by atoms with Crippen LogP contribution in [0.25, 0.3) is 0 Å². The summed E-state index contributed by atoms with van der Waals surface area (Å²) in [5.74, 6) is -0.393. The monoisotopic (exact) mass is 238 g/mol. The van der Waals surface area contributed by atoms with Crippen molar-refractivity contribution in [2.24, 2.45) is 0 Å². The molecule has 96 valence electrons. The summed E-state index contributed by atoms with van der Waals surface area (Å²) in [4.78, 5) is 10.6. The fourth-order valence-electron chi connectivity index (χ4n) is 1.18. The number of rotatable bonds is 7. The third-order valence-corrected chi connectivity index (χ3v) is 2.17. The molecule has 7 heteroatoms. The minimum atomic E-state index is -1.85. The van der Waals surface area contributed by atoms with Crippen molar-refractivity contribution in [1.82, 2.24) is 0 Å². The summed E-state index contributed by atoms with van der Waals surface area (Å²) in [5, 5.41) is 54.7. The van der Waals surface area contributed by atoms with Crippen LogP contribution in [0.1, 0.15) is 13.3 Å². The first-order chi connectivity index (χ1) is 7.31. The number of carbonyl (C=O) groups excluding carboxylic acids is 1. The highest BCUT2D eigenvalue weighted by Gasteiger charge is 2.34. The minimum Gasteiger partial charge on any atom is -0.394 e. The molecular formula is C9H18O7. The van der Waals surface area contributed by atoms with E-state index >= 15 is 0 Å². The van der Waals surface area contributed by atoms with E-state index in [0.29, 0.717) is 0 Å². The smallest absolute Gasteiger partial charge is 0.132 e. The summed E-state index contributed by atoms with van der Waals surface area (Å²) in [6.45, 7) is 0.398. The number of Topliss-reactive ketones (excluding diaryl/α,β-unsaturated/α-hetero) is 1. The van der Waals surface area contributed by atoms with Crippen LogP contribution in [0.3, 0.4) is 0 Å². The molecule has 6 N–H and O–H groups in total. The molecule has 0 aromatic carbocycles. The van der Waals surface area contributed by atoms with Gasteiger partial charge >= 0.3 is 0 Å². The Hall–Kier alpha value is -0.570. The molecule has 0 bridgehead atoms. The first kappa shape index (κ1) is 15.4. The summed E-state index contributed by atoms with van der Waals surface area (Å²) in [5.41, 5.74) is 0. The molecule has 0 radical (unpaired) electrons. The van der Waals surface area contributed by atoms with E-state index in [4.69, 9.17) is 10.2 Å². The molecule has 0 amide bonds. The molecule has 0 fully saturated rings. The Balaban J connectivity index is 4.35. The fraction of sp³-hybridized carbons (Fsp3) is 0.889. The molecule has 0 saturated carbocycles. The van der Waals surface area contributed by atoms with Crippen molar-refractivity contribution in [3.63, 3.8) is 0 Å². The van der Waals surface area contributed by atoms with Gasteiger partial charge in [-0.2, -0.15) is 0 Å². The lowest BCUT2D eigenvalue weighted by Gasteiger charge is -2.28. The average molecular weight is 238 g/mol. The van der Waals surface area contributed by atoms with E-state index in [9.17, 15) is 25.2 Å². The van der Waals surface area contributed by atoms with Gasteiger partial charge in [-0.1, -0.05) is 0 Å². The SMILES string of the molecule is CC(=O)CC(O)[C@@H](O)[C@@H](O)[C@H](O)[C@H](O)CO. The van der Waals surface area contributed by atoms with Crippen LogP contribution in [-0.2, 0) is 4.79 Å². The standard InChI is InChI=1S/C9H18O7/c1-4(11)2-5(12)7(14)9(16)8(15)6(13)3-10/h5-10,12-16H,2-3H2,1H3/t5?,6-,7-,8-,9-/m1/s1. The van der Waals surface area contributed by atoms with Crippen LogP contribution in [0.15, 0.2) is 0 Å². The first-order valence-electron chi connectivity index (χ1n) is 4.81. The van der Waals surface area contributed by atoms with Gasteiger partial charge in [0.1, 0.15) is 30.2 Å². The van der Waals surface area contributed by atoms with Crippen LogP contribution >= 0.6 is 0 Å². The molecule has 0 aromatic rings. The van der Waals surface area contributed by atoms with Crippen molar-refractivity contribution < 1.29 is 35.4 Å². The number of hydrogen-bond donors (Lipinski definition) is 6. The first-order valence-corrected chi connectivity index (χ1v) is 4.81. The second-order valence-corrected chi connectivity index (χ2v) is 3.70. The Bertz CT molecular complexity index is 220. The second kappa shape index (κ2) is 6.89. The lowest BCUT2D eigenvalue weighted by Crippen LogP contribution is -2.50. The predicted octanol–water partition coefficient (Wildman–Crippen LogP) is -3.24. The fourth-order valence-corrected chi connectivity index (χ4v) is 1.18. The lowest BCUT2D eigenvalue weighted by atomic mass is 9.97. The molecule has 0 aromatic heterocycles. The molecule has 7 nitrogen and oxygen atoms in total. The normalized spacial score (nSPS) is 20.9. The number of ketones is 1. The third-order valence-electron chi connectivity index (χ3n) is 2.17. The van der Waals surface area contributed by atoms with E-state index in [-0.39, 0.29) is 6.42 Å². The Morgan fingerprint density at radius 2 is 1.38 bits per heavy atom. The van der Waals surface area contributed by atoms with Crippen molar-refractivity contribution in [1.29, 1.82) is 0 Å². The molecule has 1 unspecified atom stereocenters. The largest absolute Gasteiger partial charge is 0.394 e. The molecular weight excluding hydrogens is 220 g/mol. The molecule has 0 spiro atoms. The number of hydrogen-bond acceptors (Lipinski definition) is 7. The molecule has 0 heterocycles. The van der Waals surface area contributed by atoms with E-state index in [1.54, 1.807) is 0 Å². The summed E-state index contributed by atoms with van der Waals surface area (Å²) < 4.78 is 0. The van der Waals surface area contributed by atoms with Crippen molar-refractivity contribution in [3.8, 4) is 0 Å². The minimum absolute atomic E-state index is 0.375. The van der Waals surface area contributed by atoms with Crippen LogP contribution in [0.2, 0.25) is 0 Å². The van der Waals surface area contributed by atoms with Crippen molar-refractivity contribution >= 4 is 5.78 Å². The predicted molar refractivity (Wildman–Crippen MR) is 52.4 cm³/mol. The van der Waals surface area contributed by atoms with E-state index < -0.39 is 42.9 Å². The van der Waals surface area contributed by atoms with Crippen LogP contribution in [0.4, 0.5) is 0 Å². The van der Waals surface area contributed by atoms with Gasteiger partial charge in [-0.25, -0.2) is 0 Å². The average Bonchev–Trinajstić information content (AvgIpc) is 2.23. The summed E-state index contributed by atoms with van der Waals surface area (Å²) >= 11 is 0. The zero-order valence-corrected chi connectivity index (χ0v) is 8.89. The third kappa shape index (κ3) is 4.52. The molecule has 0 aliphatic rings. The van der Waals surface area contributed by atoms with Gasteiger partial charge < -0.3 is 30.6 Å². The Morgan fingerprint density at radius 1 is 0.938 bits per heavy atom. The summed E-state index contributed by atoms with van der Waals surface area (Å²) in [6, 6.07) is 0. The molecule has 0 aliphatic carbocycles. The van der Waals surface area contributed by atoms with Gasteiger partial charge in [0.2, 0.25) is 0 Å².